The van der Waals surface area contributed by atoms with E-state index in [4.69, 9.17) is 4.42 Å². The first-order valence-electron chi connectivity index (χ1n) is 7.32. The Morgan fingerprint density at radius 3 is 2.52 bits per heavy atom. The molecule has 0 aliphatic heterocycles. The molecule has 4 nitrogen and oxygen atoms in total. The van der Waals surface area contributed by atoms with E-state index in [2.05, 4.69) is 25.2 Å². The highest BCUT2D eigenvalue weighted by Crippen LogP contribution is 2.23. The summed E-state index contributed by atoms with van der Waals surface area (Å²) in [6.45, 7) is 8.59. The van der Waals surface area contributed by atoms with E-state index in [0.717, 1.165) is 16.7 Å². The summed E-state index contributed by atoms with van der Waals surface area (Å²) in [4.78, 5) is 11.2. The van der Waals surface area contributed by atoms with E-state index >= 15 is 0 Å². The predicted molar refractivity (Wildman–Crippen MR) is 83.4 cm³/mol. The van der Waals surface area contributed by atoms with Crippen molar-refractivity contribution in [1.29, 1.82) is 0 Å². The second kappa shape index (κ2) is 6.31. The molecule has 0 aliphatic rings. The lowest BCUT2D eigenvalue weighted by Gasteiger charge is -2.15. The van der Waals surface area contributed by atoms with Crippen LogP contribution in [0.5, 0.6) is 0 Å². The molecular formula is C17H23NO3. The molecule has 0 unspecified atom stereocenters. The van der Waals surface area contributed by atoms with Crippen molar-refractivity contribution in [3.05, 3.63) is 35.1 Å². The summed E-state index contributed by atoms with van der Waals surface area (Å²) >= 11 is 0. The molecule has 0 saturated carbocycles. The first-order valence-corrected chi connectivity index (χ1v) is 7.32. The molecule has 0 amide bonds. The van der Waals surface area contributed by atoms with Crippen LogP contribution in [0.2, 0.25) is 0 Å². The van der Waals surface area contributed by atoms with Crippen LogP contribution < -0.4 is 5.32 Å². The van der Waals surface area contributed by atoms with E-state index in [9.17, 15) is 9.90 Å². The third kappa shape index (κ3) is 3.85. The van der Waals surface area contributed by atoms with Crippen LogP contribution in [-0.4, -0.2) is 17.1 Å². The number of furan rings is 1. The number of carboxylic acid groups (broad SMARTS) is 1. The van der Waals surface area contributed by atoms with E-state index in [1.54, 1.807) is 0 Å². The monoisotopic (exact) mass is 289 g/mol. The van der Waals surface area contributed by atoms with Gasteiger partial charge in [-0.2, -0.15) is 0 Å². The number of rotatable bonds is 6. The smallest absolute Gasteiger partial charge is 0.320 e. The molecule has 1 atom stereocenters. The van der Waals surface area contributed by atoms with Gasteiger partial charge < -0.3 is 9.52 Å². The van der Waals surface area contributed by atoms with Crippen molar-refractivity contribution < 1.29 is 14.3 Å². The maximum Gasteiger partial charge on any atom is 0.320 e. The maximum atomic E-state index is 11.2. The van der Waals surface area contributed by atoms with Crippen molar-refractivity contribution in [2.45, 2.75) is 46.7 Å². The number of nitrogens with one attached hydrogen (secondary N) is 1. The standard InChI is InChI=1S/C17H23NO3/c1-10(2)5-15(17(19)20)18-9-14-8-13-6-11(3)12(4)7-16(13)21-14/h6-8,10,15,18H,5,9H2,1-4H3,(H,19,20)/t15-/m0/s1. The number of benzene rings is 1. The van der Waals surface area contributed by atoms with Crippen molar-refractivity contribution in [3.63, 3.8) is 0 Å². The van der Waals surface area contributed by atoms with Crippen LogP contribution in [-0.2, 0) is 11.3 Å². The Labute approximate surface area is 125 Å². The van der Waals surface area contributed by atoms with Crippen molar-refractivity contribution in [2.24, 2.45) is 5.92 Å². The predicted octanol–water partition coefficient (Wildman–Crippen LogP) is 3.64. The summed E-state index contributed by atoms with van der Waals surface area (Å²) in [5, 5.41) is 13.3. The topological polar surface area (TPSA) is 62.5 Å². The molecule has 21 heavy (non-hydrogen) atoms. The van der Waals surface area contributed by atoms with Gasteiger partial charge in [0.2, 0.25) is 0 Å². The minimum absolute atomic E-state index is 0.333. The molecule has 2 rings (SSSR count). The number of hydrogen-bond acceptors (Lipinski definition) is 3. The third-order valence-electron chi connectivity index (χ3n) is 3.71. The zero-order chi connectivity index (χ0) is 15.6. The summed E-state index contributed by atoms with van der Waals surface area (Å²) in [6, 6.07) is 5.56. The fourth-order valence-corrected chi connectivity index (χ4v) is 2.41. The number of aryl methyl sites for hydroxylation is 2. The maximum absolute atomic E-state index is 11.2. The Hall–Kier alpha value is -1.81. The average Bonchev–Trinajstić information content (AvgIpc) is 2.76. The largest absolute Gasteiger partial charge is 0.480 e. The van der Waals surface area contributed by atoms with Gasteiger partial charge in [-0.3, -0.25) is 10.1 Å². The van der Waals surface area contributed by atoms with Crippen molar-refractivity contribution in [2.75, 3.05) is 0 Å². The Bertz CT molecular complexity index is 604. The number of hydrogen-bond donors (Lipinski definition) is 2. The first-order chi connectivity index (χ1) is 9.86. The van der Waals surface area contributed by atoms with Gasteiger partial charge in [0.1, 0.15) is 17.4 Å². The van der Waals surface area contributed by atoms with E-state index in [0.29, 0.717) is 18.9 Å². The van der Waals surface area contributed by atoms with Crippen LogP contribution in [0.25, 0.3) is 11.0 Å². The van der Waals surface area contributed by atoms with Crippen LogP contribution in [0.4, 0.5) is 0 Å². The quantitative estimate of drug-likeness (QED) is 0.852. The summed E-state index contributed by atoms with van der Waals surface area (Å²) in [7, 11) is 0. The zero-order valence-electron chi connectivity index (χ0n) is 13.1. The molecule has 2 N–H and O–H groups in total. The molecule has 0 spiro atoms. The Morgan fingerprint density at radius 1 is 1.24 bits per heavy atom. The Kier molecular flexibility index (Phi) is 4.68. The highest BCUT2D eigenvalue weighted by Gasteiger charge is 2.18. The lowest BCUT2D eigenvalue weighted by molar-refractivity contribution is -0.140. The fourth-order valence-electron chi connectivity index (χ4n) is 2.41. The van der Waals surface area contributed by atoms with Crippen molar-refractivity contribution in [3.8, 4) is 0 Å². The van der Waals surface area contributed by atoms with E-state index in [-0.39, 0.29) is 0 Å². The normalized spacial score (nSPS) is 13.0. The van der Waals surface area contributed by atoms with Crippen LogP contribution >= 0.6 is 0 Å². The van der Waals surface area contributed by atoms with Gasteiger partial charge in [0, 0.05) is 5.39 Å². The third-order valence-corrected chi connectivity index (χ3v) is 3.71. The van der Waals surface area contributed by atoms with Gasteiger partial charge in [0.25, 0.3) is 0 Å². The second-order valence-electron chi connectivity index (χ2n) is 6.09. The molecule has 0 fully saturated rings. The molecule has 0 saturated heterocycles. The Balaban J connectivity index is 2.10. The van der Waals surface area contributed by atoms with Crippen LogP contribution in [0.3, 0.4) is 0 Å². The molecule has 0 aliphatic carbocycles. The lowest BCUT2D eigenvalue weighted by Crippen LogP contribution is -2.37. The summed E-state index contributed by atoms with van der Waals surface area (Å²) in [6.07, 6.45) is 0.605. The zero-order valence-corrected chi connectivity index (χ0v) is 13.1. The van der Waals surface area contributed by atoms with Gasteiger partial charge >= 0.3 is 5.97 Å². The van der Waals surface area contributed by atoms with Gasteiger partial charge in [-0.25, -0.2) is 0 Å². The van der Waals surface area contributed by atoms with Crippen LogP contribution in [0.1, 0.15) is 37.2 Å². The van der Waals surface area contributed by atoms with Gasteiger partial charge in [-0.05, 0) is 55.5 Å². The van der Waals surface area contributed by atoms with Gasteiger partial charge in [-0.15, -0.1) is 0 Å². The molecule has 1 heterocycles. The highest BCUT2D eigenvalue weighted by molar-refractivity contribution is 5.79. The molecule has 2 aromatic rings. The van der Waals surface area contributed by atoms with Crippen molar-refractivity contribution in [1.82, 2.24) is 5.32 Å². The summed E-state index contributed by atoms with van der Waals surface area (Å²) < 4.78 is 5.78. The number of carboxylic acids is 1. The first kappa shape index (κ1) is 15.6. The summed E-state index contributed by atoms with van der Waals surface area (Å²) in [5.41, 5.74) is 3.27. The molecule has 0 bridgehead atoms. The minimum atomic E-state index is -0.813. The highest BCUT2D eigenvalue weighted by atomic mass is 16.4. The van der Waals surface area contributed by atoms with E-state index < -0.39 is 12.0 Å². The van der Waals surface area contributed by atoms with Gasteiger partial charge in [0.15, 0.2) is 0 Å². The van der Waals surface area contributed by atoms with Crippen LogP contribution in [0, 0.1) is 19.8 Å². The molecule has 0 radical (unpaired) electrons. The van der Waals surface area contributed by atoms with E-state index in [1.165, 1.54) is 11.1 Å². The minimum Gasteiger partial charge on any atom is -0.480 e. The lowest BCUT2D eigenvalue weighted by atomic mass is 10.0. The van der Waals surface area contributed by atoms with Crippen molar-refractivity contribution >= 4 is 16.9 Å². The number of fused-ring (bicyclic) bond motifs is 1. The molecule has 1 aromatic carbocycles. The molecule has 4 heteroatoms. The fraction of sp³-hybridized carbons (Fsp3) is 0.471. The average molecular weight is 289 g/mol. The molecular weight excluding hydrogens is 266 g/mol. The van der Waals surface area contributed by atoms with Crippen LogP contribution in [0.15, 0.2) is 22.6 Å². The summed E-state index contributed by atoms with van der Waals surface area (Å²) in [5.74, 6) is 0.288. The Morgan fingerprint density at radius 2 is 1.90 bits per heavy atom. The SMILES string of the molecule is Cc1cc2cc(CN[C@@H](CC(C)C)C(=O)O)oc2cc1C. The number of aliphatic carboxylic acids is 1. The molecule has 114 valence electrons. The molecule has 1 aromatic heterocycles. The second-order valence-corrected chi connectivity index (χ2v) is 6.09. The van der Waals surface area contributed by atoms with Gasteiger partial charge in [0.05, 0.1) is 6.54 Å². The van der Waals surface area contributed by atoms with E-state index in [1.807, 2.05) is 26.0 Å². The number of carbonyl (C=O) groups is 1. The van der Waals surface area contributed by atoms with Gasteiger partial charge in [-0.1, -0.05) is 13.8 Å².